The first-order valence-corrected chi connectivity index (χ1v) is 31.3. The van der Waals surface area contributed by atoms with Crippen LogP contribution >= 0.6 is 66.4 Å². The van der Waals surface area contributed by atoms with E-state index in [9.17, 15) is 14.4 Å². The van der Waals surface area contributed by atoms with Crippen molar-refractivity contribution in [2.24, 2.45) is 16.5 Å². The van der Waals surface area contributed by atoms with Gasteiger partial charge in [0.1, 0.15) is 27.9 Å². The van der Waals surface area contributed by atoms with Gasteiger partial charge in [0.15, 0.2) is 5.78 Å². The maximum Gasteiger partial charge on any atom is 0.435 e. The fourth-order valence-corrected chi connectivity index (χ4v) is 11.0. The van der Waals surface area contributed by atoms with Gasteiger partial charge in [-0.25, -0.2) is 29.5 Å². The molecule has 8 N–H and O–H groups in total. The number of H-pyrrole nitrogens is 1. The van der Waals surface area contributed by atoms with Gasteiger partial charge in [-0.1, -0.05) is 73.8 Å². The van der Waals surface area contributed by atoms with E-state index in [1.54, 1.807) is 56.1 Å². The number of carboxylic acid groups (broad SMARTS) is 1. The number of nitrogens with two attached hydrogens (primary N) is 2. The van der Waals surface area contributed by atoms with Crippen LogP contribution in [0.15, 0.2) is 160 Å². The fourth-order valence-electron chi connectivity index (χ4n) is 8.80. The van der Waals surface area contributed by atoms with E-state index in [-0.39, 0.29) is 11.1 Å². The van der Waals surface area contributed by atoms with Gasteiger partial charge < -0.3 is 46.6 Å². The Morgan fingerprint density at radius 2 is 1.48 bits per heavy atom. The molecule has 4 aromatic carbocycles. The SMILES string of the molecule is CC(=O)c1cc2ccc(Br)cc2[nH]1.CC(C)(C)OC(=O)n1ncc2cc(Nc3ccnc(Cl)n3)ccc21.Cc1nccc(Nc2ccc(C3=CCN=C3)cc2)n1.NC1CCN(c2ccncc2Cl)CC1.NC1CCOC1.O=C(O)c1cc2ccc(Br)cc2s1. The van der Waals surface area contributed by atoms with Crippen LogP contribution in [0.4, 0.5) is 33.5 Å². The molecule has 25 heteroatoms. The van der Waals surface area contributed by atoms with Gasteiger partial charge in [-0.2, -0.15) is 9.78 Å². The lowest BCUT2D eigenvalue weighted by molar-refractivity contribution is 0.0522. The zero-order valence-electron chi connectivity index (χ0n) is 49.3. The van der Waals surface area contributed by atoms with Crippen LogP contribution in [0, 0.1) is 6.92 Å². The summed E-state index contributed by atoms with van der Waals surface area (Å²) in [6.45, 7) is 13.3. The molecule has 0 amide bonds. The molecule has 3 aliphatic rings. The van der Waals surface area contributed by atoms with Gasteiger partial charge in [-0.3, -0.25) is 14.8 Å². The van der Waals surface area contributed by atoms with Gasteiger partial charge in [0, 0.05) is 111 Å². The second-order valence-corrected chi connectivity index (χ2v) is 25.0. The smallest absolute Gasteiger partial charge is 0.435 e. The Morgan fingerprint density at radius 1 is 0.787 bits per heavy atom. The number of thiophene rings is 1. The normalized spacial score (nSPS) is 14.3. The molecule has 20 nitrogen and oxygen atoms in total. The first-order chi connectivity index (χ1) is 42.6. The highest BCUT2D eigenvalue weighted by Crippen LogP contribution is 2.30. The number of rotatable bonds is 8. The molecule has 0 aliphatic carbocycles. The average Bonchev–Trinajstić information content (AvgIpc) is 2.27. The number of aromatic nitrogens is 8. The maximum atomic E-state index is 12.2. The highest BCUT2D eigenvalue weighted by molar-refractivity contribution is 9.10. The quantitative estimate of drug-likeness (QED) is 0.0609. The van der Waals surface area contributed by atoms with Crippen LogP contribution in [0.1, 0.15) is 78.5 Å². The van der Waals surface area contributed by atoms with E-state index in [4.69, 9.17) is 49.2 Å². The van der Waals surface area contributed by atoms with Gasteiger partial charge in [-0.05, 0) is 160 Å². The minimum absolute atomic E-state index is 0.0623. The number of halogens is 4. The van der Waals surface area contributed by atoms with Crippen LogP contribution in [0.5, 0.6) is 0 Å². The Balaban J connectivity index is 0.000000143. The van der Waals surface area contributed by atoms with E-state index in [2.05, 4.69) is 106 Å². The number of anilines is 5. The number of fused-ring (bicyclic) bond motifs is 3. The summed E-state index contributed by atoms with van der Waals surface area (Å²) < 4.78 is 14.5. The van der Waals surface area contributed by atoms with E-state index in [1.165, 1.54) is 27.2 Å². The van der Waals surface area contributed by atoms with Crippen LogP contribution < -0.4 is 27.0 Å². The van der Waals surface area contributed by atoms with Gasteiger partial charge in [0.05, 0.1) is 41.3 Å². The molecule has 1 unspecified atom stereocenters. The minimum Gasteiger partial charge on any atom is -0.477 e. The Morgan fingerprint density at radius 3 is 2.11 bits per heavy atom. The van der Waals surface area contributed by atoms with Crippen molar-refractivity contribution >= 4 is 157 Å². The van der Waals surface area contributed by atoms with Gasteiger partial charge in [0.2, 0.25) is 5.28 Å². The van der Waals surface area contributed by atoms with Crippen molar-refractivity contribution in [2.75, 3.05) is 48.4 Å². The third-order valence-electron chi connectivity index (χ3n) is 13.2. The molecule has 6 aromatic heterocycles. The number of ether oxygens (including phenoxy) is 2. The first kappa shape index (κ1) is 66.9. The standard InChI is InChI=1S/C16H16ClN5O2.C15H14N4.C10H8BrNO.C10H14ClN3.C9H5BrO2S.C4H9NO/c1-16(2,3)24-15(23)22-12-5-4-11(8-10(12)9-19-22)20-13-6-7-18-14(17)21-13;1-11-17-9-7-15(18-11)19-14-4-2-12(3-5-14)13-6-8-16-10-13;1-6(13)9-4-7-2-3-8(11)5-10(7)12-9;11-9-7-13-4-1-10(9)14-5-2-8(12)3-6-14;10-6-2-1-5-3-8(9(11)12)13-7(5)4-6;5-4-1-2-6-3-4/h4-9H,1-3H3,(H,18,20,21);2-7,9-10H,8H2,1H3,(H,17,18,19);2-5,12H,1H3;1,4,7-8H,2-3,5-6,12H2;1-4H,(H,11,12);4H,1-3,5H2. The zero-order chi connectivity index (χ0) is 63.6. The molecular formula is C64H66Br2Cl2N14O6S. The van der Waals surface area contributed by atoms with Gasteiger partial charge in [0.25, 0.3) is 0 Å². The number of piperidine rings is 1. The number of pyridine rings is 1. The summed E-state index contributed by atoms with van der Waals surface area (Å²) in [6, 6.07) is 35.1. The Hall–Kier alpha value is -8.00. The van der Waals surface area contributed by atoms with Crippen LogP contribution in [0.2, 0.25) is 10.3 Å². The van der Waals surface area contributed by atoms with Crippen LogP contribution in [0.25, 0.3) is 37.5 Å². The molecule has 0 saturated carbocycles. The monoisotopic (exact) mass is 1390 g/mol. The first-order valence-electron chi connectivity index (χ1n) is 28.1. The van der Waals surface area contributed by atoms with Crippen molar-refractivity contribution in [3.05, 3.63) is 187 Å². The van der Waals surface area contributed by atoms with Crippen molar-refractivity contribution in [1.82, 2.24) is 39.7 Å². The molecule has 462 valence electrons. The molecule has 10 aromatic rings. The number of aromatic amines is 1. The molecule has 13 rings (SSSR count). The number of benzene rings is 4. The number of aromatic carboxylic acids is 1. The summed E-state index contributed by atoms with van der Waals surface area (Å²) >= 11 is 19.8. The summed E-state index contributed by atoms with van der Waals surface area (Å²) in [5, 5.41) is 23.0. The number of aliphatic imine (C=N–C) groups is 1. The largest absolute Gasteiger partial charge is 0.477 e. The number of nitrogens with one attached hydrogen (secondary N) is 3. The Kier molecular flexibility index (Phi) is 24.0. The summed E-state index contributed by atoms with van der Waals surface area (Å²) in [6.07, 6.45) is 15.0. The molecule has 2 fully saturated rings. The number of ketones is 1. The van der Waals surface area contributed by atoms with Crippen molar-refractivity contribution in [2.45, 2.75) is 71.6 Å². The van der Waals surface area contributed by atoms with Crippen molar-refractivity contribution < 1.29 is 29.0 Å². The summed E-state index contributed by atoms with van der Waals surface area (Å²) in [5.41, 5.74) is 18.2. The molecular weight excluding hydrogens is 1320 g/mol. The van der Waals surface area contributed by atoms with E-state index in [0.29, 0.717) is 34.0 Å². The molecule has 0 spiro atoms. The lowest BCUT2D eigenvalue weighted by atomic mass is 10.1. The molecule has 1 atom stereocenters. The fraction of sp³-hybridized carbons (Fsp3) is 0.250. The average molecular weight is 1390 g/mol. The predicted octanol–water partition coefficient (Wildman–Crippen LogP) is 14.9. The molecule has 0 radical (unpaired) electrons. The highest BCUT2D eigenvalue weighted by atomic mass is 79.9. The molecule has 3 aliphatic heterocycles. The summed E-state index contributed by atoms with van der Waals surface area (Å²) in [4.78, 5) is 64.1. The van der Waals surface area contributed by atoms with Crippen molar-refractivity contribution in [3.8, 4) is 0 Å². The second-order valence-electron chi connectivity index (χ2n) is 21.3. The molecule has 9 heterocycles. The predicted molar refractivity (Wildman–Crippen MR) is 364 cm³/mol. The maximum absolute atomic E-state index is 12.2. The van der Waals surface area contributed by atoms with Gasteiger partial charge in [-0.15, -0.1) is 11.3 Å². The number of nitrogens with zero attached hydrogens (tertiary/aromatic N) is 9. The third kappa shape index (κ3) is 20.5. The summed E-state index contributed by atoms with van der Waals surface area (Å²) in [5.74, 6) is 1.34. The topological polar surface area (TPSA) is 280 Å². The molecule has 89 heavy (non-hydrogen) atoms. The lowest BCUT2D eigenvalue weighted by Gasteiger charge is -2.32. The Bertz CT molecular complexity index is 4010. The lowest BCUT2D eigenvalue weighted by Crippen LogP contribution is -2.39. The minimum atomic E-state index is -0.864. The van der Waals surface area contributed by atoms with Crippen LogP contribution in [0.3, 0.4) is 0 Å². The number of aryl methyl sites for hydroxylation is 1. The third-order valence-corrected chi connectivity index (χ3v) is 15.7. The van der Waals surface area contributed by atoms with Crippen molar-refractivity contribution in [1.29, 1.82) is 0 Å². The van der Waals surface area contributed by atoms with E-state index in [1.807, 2.05) is 113 Å². The Labute approximate surface area is 545 Å². The number of hydrogen-bond donors (Lipinski definition) is 6. The highest BCUT2D eigenvalue weighted by Gasteiger charge is 2.21. The molecule has 2 saturated heterocycles. The number of carbonyl (C=O) groups excluding carboxylic acids is 2. The van der Waals surface area contributed by atoms with E-state index in [0.717, 1.165) is 121 Å². The summed E-state index contributed by atoms with van der Waals surface area (Å²) in [7, 11) is 0. The van der Waals surface area contributed by atoms with E-state index >= 15 is 0 Å². The number of hydrogen-bond acceptors (Lipinski definition) is 18. The second kappa shape index (κ2) is 32.0. The van der Waals surface area contributed by atoms with E-state index < -0.39 is 17.7 Å². The van der Waals surface area contributed by atoms with Crippen LogP contribution in [-0.4, -0.2) is 119 Å². The van der Waals surface area contributed by atoms with Gasteiger partial charge >= 0.3 is 12.1 Å². The number of allylic oxidation sites excluding steroid dienone is 1. The number of Topliss-reactive ketones (excluding diaryl/α,β-unsaturated/α-hetero) is 1. The number of carbonyl (C=O) groups is 3. The van der Waals surface area contributed by atoms with Crippen LogP contribution in [-0.2, 0) is 9.47 Å². The van der Waals surface area contributed by atoms with Crippen molar-refractivity contribution in [3.63, 3.8) is 0 Å². The number of carboxylic acids is 1. The zero-order valence-corrected chi connectivity index (χ0v) is 54.8. The molecule has 0 bridgehead atoms.